The SMILES string of the molecule is CC(C)(CN)CN(Cc1cccc(NC(=O)c2cc(F)cc(F)c2)c1)C(=O)c1ccccc1. The number of carbonyl (C=O) groups is 2. The van der Waals surface area contributed by atoms with Gasteiger partial charge in [0, 0.05) is 36.0 Å². The van der Waals surface area contributed by atoms with Gasteiger partial charge in [-0.15, -0.1) is 0 Å². The second-order valence-electron chi connectivity index (χ2n) is 8.71. The van der Waals surface area contributed by atoms with Gasteiger partial charge in [0.1, 0.15) is 11.6 Å². The van der Waals surface area contributed by atoms with Crippen molar-refractivity contribution in [1.82, 2.24) is 4.90 Å². The number of carbonyl (C=O) groups excluding carboxylic acids is 2. The van der Waals surface area contributed by atoms with E-state index in [1.165, 1.54) is 0 Å². The lowest BCUT2D eigenvalue weighted by molar-refractivity contribution is 0.0673. The third kappa shape index (κ3) is 6.70. The van der Waals surface area contributed by atoms with Gasteiger partial charge >= 0.3 is 0 Å². The number of nitrogens with zero attached hydrogens (tertiary/aromatic N) is 1. The number of amides is 2. The number of anilines is 1. The highest BCUT2D eigenvalue weighted by atomic mass is 19.1. The van der Waals surface area contributed by atoms with Crippen LogP contribution in [0.2, 0.25) is 0 Å². The van der Waals surface area contributed by atoms with E-state index in [2.05, 4.69) is 5.32 Å². The lowest BCUT2D eigenvalue weighted by Crippen LogP contribution is -2.41. The molecule has 0 saturated heterocycles. The van der Waals surface area contributed by atoms with E-state index in [-0.39, 0.29) is 16.9 Å². The molecule has 3 rings (SSSR count). The standard InChI is InChI=1S/C26H27F2N3O2/c1-26(2,16-29)17-31(25(33)19-8-4-3-5-9-19)15-18-7-6-10-23(11-18)30-24(32)20-12-21(27)14-22(28)13-20/h3-14H,15-17,29H2,1-2H3,(H,30,32). The third-order valence-corrected chi connectivity index (χ3v) is 5.16. The topological polar surface area (TPSA) is 75.4 Å². The molecule has 0 fully saturated rings. The monoisotopic (exact) mass is 451 g/mol. The molecular weight excluding hydrogens is 424 g/mol. The number of hydrogen-bond acceptors (Lipinski definition) is 3. The van der Waals surface area contributed by atoms with Crippen molar-refractivity contribution in [3.05, 3.63) is 101 Å². The first kappa shape index (κ1) is 24.1. The van der Waals surface area contributed by atoms with Crippen molar-refractivity contribution in [2.24, 2.45) is 11.1 Å². The Labute approximate surface area is 192 Å². The number of halogens is 2. The van der Waals surface area contributed by atoms with Crippen molar-refractivity contribution >= 4 is 17.5 Å². The Bertz CT molecular complexity index is 1110. The molecule has 7 heteroatoms. The molecule has 0 aliphatic rings. The molecule has 0 heterocycles. The van der Waals surface area contributed by atoms with Crippen LogP contribution < -0.4 is 11.1 Å². The van der Waals surface area contributed by atoms with E-state index < -0.39 is 17.5 Å². The van der Waals surface area contributed by atoms with Gasteiger partial charge in [-0.1, -0.05) is 44.2 Å². The van der Waals surface area contributed by atoms with Crippen LogP contribution in [0.1, 0.15) is 40.1 Å². The molecule has 0 atom stereocenters. The van der Waals surface area contributed by atoms with E-state index >= 15 is 0 Å². The fourth-order valence-corrected chi connectivity index (χ4v) is 3.40. The summed E-state index contributed by atoms with van der Waals surface area (Å²) in [7, 11) is 0. The number of nitrogens with one attached hydrogen (secondary N) is 1. The van der Waals surface area contributed by atoms with Crippen LogP contribution in [0.3, 0.4) is 0 Å². The summed E-state index contributed by atoms with van der Waals surface area (Å²) < 4.78 is 26.9. The summed E-state index contributed by atoms with van der Waals surface area (Å²) in [5.74, 6) is -2.41. The molecular formula is C26H27F2N3O2. The van der Waals surface area contributed by atoms with E-state index in [1.54, 1.807) is 35.2 Å². The molecule has 0 aromatic heterocycles. The van der Waals surface area contributed by atoms with Gasteiger partial charge in [0.2, 0.25) is 0 Å². The highest BCUT2D eigenvalue weighted by molar-refractivity contribution is 6.04. The molecule has 3 aromatic rings. The van der Waals surface area contributed by atoms with Crippen LogP contribution >= 0.6 is 0 Å². The van der Waals surface area contributed by atoms with Crippen LogP contribution in [-0.4, -0.2) is 29.8 Å². The van der Waals surface area contributed by atoms with E-state index in [1.807, 2.05) is 38.1 Å². The summed E-state index contributed by atoms with van der Waals surface area (Å²) in [5.41, 5.74) is 7.30. The molecule has 172 valence electrons. The Morgan fingerprint density at radius 3 is 2.21 bits per heavy atom. The first-order chi connectivity index (χ1) is 15.7. The predicted molar refractivity (Wildman–Crippen MR) is 125 cm³/mol. The lowest BCUT2D eigenvalue weighted by Gasteiger charge is -2.32. The summed E-state index contributed by atoms with van der Waals surface area (Å²) in [4.78, 5) is 27.4. The minimum absolute atomic E-state index is 0.122. The van der Waals surface area contributed by atoms with Crippen LogP contribution in [0.25, 0.3) is 0 Å². The molecule has 5 nitrogen and oxygen atoms in total. The second kappa shape index (κ2) is 10.4. The largest absolute Gasteiger partial charge is 0.334 e. The molecule has 0 spiro atoms. The molecule has 0 saturated carbocycles. The highest BCUT2D eigenvalue weighted by Crippen LogP contribution is 2.21. The summed E-state index contributed by atoms with van der Waals surface area (Å²) in [6, 6.07) is 18.6. The maximum absolute atomic E-state index is 13.4. The fourth-order valence-electron chi connectivity index (χ4n) is 3.40. The van der Waals surface area contributed by atoms with Crippen LogP contribution in [0.15, 0.2) is 72.8 Å². The van der Waals surface area contributed by atoms with Gasteiger partial charge in [0.15, 0.2) is 0 Å². The lowest BCUT2D eigenvalue weighted by atomic mass is 9.92. The van der Waals surface area contributed by atoms with Gasteiger partial charge < -0.3 is 16.0 Å². The molecule has 0 aliphatic heterocycles. The normalized spacial score (nSPS) is 11.2. The molecule has 0 radical (unpaired) electrons. The Kier molecular flexibility index (Phi) is 7.55. The van der Waals surface area contributed by atoms with Crippen molar-refractivity contribution in [2.45, 2.75) is 20.4 Å². The number of nitrogens with two attached hydrogens (primary N) is 1. The zero-order chi connectivity index (χ0) is 24.0. The van der Waals surface area contributed by atoms with E-state index in [4.69, 9.17) is 5.73 Å². The van der Waals surface area contributed by atoms with Gasteiger partial charge in [-0.05, 0) is 53.9 Å². The smallest absolute Gasteiger partial charge is 0.255 e. The molecule has 0 bridgehead atoms. The second-order valence-corrected chi connectivity index (χ2v) is 8.71. The quantitative estimate of drug-likeness (QED) is 0.514. The van der Waals surface area contributed by atoms with Crippen LogP contribution in [0.5, 0.6) is 0 Å². The maximum atomic E-state index is 13.4. The zero-order valence-corrected chi connectivity index (χ0v) is 18.6. The van der Waals surface area contributed by atoms with Crippen molar-refractivity contribution in [1.29, 1.82) is 0 Å². The first-order valence-corrected chi connectivity index (χ1v) is 10.6. The van der Waals surface area contributed by atoms with Gasteiger partial charge in [0.25, 0.3) is 11.8 Å². The molecule has 3 aromatic carbocycles. The minimum Gasteiger partial charge on any atom is -0.334 e. The molecule has 33 heavy (non-hydrogen) atoms. The molecule has 3 N–H and O–H groups in total. The predicted octanol–water partition coefficient (Wildman–Crippen LogP) is 4.84. The van der Waals surface area contributed by atoms with Gasteiger partial charge in [-0.3, -0.25) is 9.59 Å². The Balaban J connectivity index is 1.81. The maximum Gasteiger partial charge on any atom is 0.255 e. The number of rotatable bonds is 8. The van der Waals surface area contributed by atoms with E-state index in [0.717, 1.165) is 17.7 Å². The molecule has 0 aliphatic carbocycles. The number of benzene rings is 3. The molecule has 0 unspecified atom stereocenters. The van der Waals surface area contributed by atoms with E-state index in [0.29, 0.717) is 37.0 Å². The van der Waals surface area contributed by atoms with Crippen molar-refractivity contribution in [3.63, 3.8) is 0 Å². The summed E-state index contributed by atoms with van der Waals surface area (Å²) in [6.07, 6.45) is 0. The third-order valence-electron chi connectivity index (χ3n) is 5.16. The Morgan fingerprint density at radius 2 is 1.58 bits per heavy atom. The summed E-state index contributed by atoms with van der Waals surface area (Å²) >= 11 is 0. The van der Waals surface area contributed by atoms with Crippen molar-refractivity contribution in [2.75, 3.05) is 18.4 Å². The van der Waals surface area contributed by atoms with Crippen LogP contribution in [0, 0.1) is 17.0 Å². The number of hydrogen-bond donors (Lipinski definition) is 2. The van der Waals surface area contributed by atoms with Gasteiger partial charge in [-0.25, -0.2) is 8.78 Å². The average Bonchev–Trinajstić information content (AvgIpc) is 2.78. The van der Waals surface area contributed by atoms with Crippen LogP contribution in [0.4, 0.5) is 14.5 Å². The zero-order valence-electron chi connectivity index (χ0n) is 18.6. The Morgan fingerprint density at radius 1 is 0.909 bits per heavy atom. The molecule has 2 amide bonds. The van der Waals surface area contributed by atoms with Gasteiger partial charge in [0.05, 0.1) is 0 Å². The average molecular weight is 452 g/mol. The first-order valence-electron chi connectivity index (χ1n) is 10.6. The highest BCUT2D eigenvalue weighted by Gasteiger charge is 2.25. The summed E-state index contributed by atoms with van der Waals surface area (Å²) in [6.45, 7) is 5.14. The van der Waals surface area contributed by atoms with Crippen molar-refractivity contribution < 1.29 is 18.4 Å². The fraction of sp³-hybridized carbons (Fsp3) is 0.231. The van der Waals surface area contributed by atoms with E-state index in [9.17, 15) is 18.4 Å². The minimum atomic E-state index is -0.827. The van der Waals surface area contributed by atoms with Crippen LogP contribution in [-0.2, 0) is 6.54 Å². The van der Waals surface area contributed by atoms with Gasteiger partial charge in [-0.2, -0.15) is 0 Å². The Hall–Kier alpha value is -3.58. The van der Waals surface area contributed by atoms with Crippen molar-refractivity contribution in [3.8, 4) is 0 Å². The summed E-state index contributed by atoms with van der Waals surface area (Å²) in [5, 5.41) is 2.65.